The second-order valence-electron chi connectivity index (χ2n) is 7.98. The van der Waals surface area contributed by atoms with Crippen LogP contribution < -0.4 is 9.64 Å². The minimum absolute atomic E-state index is 0.461. The van der Waals surface area contributed by atoms with E-state index in [1.54, 1.807) is 0 Å². The second-order valence-corrected chi connectivity index (χ2v) is 8.41. The van der Waals surface area contributed by atoms with Crippen LogP contribution in [0, 0.1) is 0 Å². The van der Waals surface area contributed by atoms with E-state index in [4.69, 9.17) is 16.3 Å². The summed E-state index contributed by atoms with van der Waals surface area (Å²) in [6, 6.07) is 13.9. The van der Waals surface area contributed by atoms with Gasteiger partial charge in [-0.15, -0.1) is 0 Å². The van der Waals surface area contributed by atoms with Crippen LogP contribution >= 0.6 is 11.6 Å². The topological polar surface area (TPSA) is 57.3 Å². The molecule has 4 rings (SSSR count). The van der Waals surface area contributed by atoms with E-state index in [1.807, 2.05) is 50.6 Å². The van der Waals surface area contributed by atoms with E-state index in [0.717, 1.165) is 55.4 Å². The third-order valence-corrected chi connectivity index (χ3v) is 5.70. The van der Waals surface area contributed by atoms with Crippen LogP contribution in [0.25, 0.3) is 0 Å². The summed E-state index contributed by atoms with van der Waals surface area (Å²) in [5, 5.41) is 8.44. The number of aromatic amines is 1. The molecule has 1 fully saturated rings. The summed E-state index contributed by atoms with van der Waals surface area (Å²) in [4.78, 5) is 9.09. The minimum atomic E-state index is 0.461. The number of nitrogens with one attached hydrogen (secondary N) is 1. The molecular formula is C23H28ClN5O. The first kappa shape index (κ1) is 20.7. The van der Waals surface area contributed by atoms with Crippen LogP contribution in [0.2, 0.25) is 5.02 Å². The highest BCUT2D eigenvalue weighted by Gasteiger charge is 2.26. The summed E-state index contributed by atoms with van der Waals surface area (Å²) in [6.07, 6.45) is 3.77. The zero-order valence-electron chi connectivity index (χ0n) is 17.5. The van der Waals surface area contributed by atoms with Gasteiger partial charge in [0.25, 0.3) is 0 Å². The van der Waals surface area contributed by atoms with Crippen LogP contribution in [0.1, 0.15) is 29.3 Å². The molecular weight excluding hydrogens is 398 g/mol. The Balaban J connectivity index is 1.29. The Morgan fingerprint density at radius 3 is 2.97 bits per heavy atom. The number of likely N-dealkylation sites (tertiary alicyclic amines) is 1. The number of ether oxygens (including phenoxy) is 1. The van der Waals surface area contributed by atoms with E-state index < -0.39 is 0 Å². The number of rotatable bonds is 8. The lowest BCUT2D eigenvalue weighted by Gasteiger charge is -2.20. The van der Waals surface area contributed by atoms with E-state index in [-0.39, 0.29) is 0 Å². The highest BCUT2D eigenvalue weighted by Crippen LogP contribution is 2.28. The first-order valence-corrected chi connectivity index (χ1v) is 10.7. The number of anilines is 1. The maximum absolute atomic E-state index is 6.00. The molecule has 0 bridgehead atoms. The van der Waals surface area contributed by atoms with Crippen LogP contribution in [0.4, 0.5) is 5.82 Å². The minimum Gasteiger partial charge on any atom is -0.493 e. The lowest BCUT2D eigenvalue weighted by Crippen LogP contribution is -2.22. The van der Waals surface area contributed by atoms with Crippen molar-refractivity contribution in [2.75, 3.05) is 38.7 Å². The lowest BCUT2D eigenvalue weighted by molar-refractivity contribution is 0.320. The van der Waals surface area contributed by atoms with Gasteiger partial charge in [-0.1, -0.05) is 23.7 Å². The number of benzene rings is 1. The maximum atomic E-state index is 6.00. The quantitative estimate of drug-likeness (QED) is 0.588. The fourth-order valence-electron chi connectivity index (χ4n) is 3.97. The van der Waals surface area contributed by atoms with Crippen LogP contribution in [0.5, 0.6) is 5.75 Å². The van der Waals surface area contributed by atoms with E-state index in [9.17, 15) is 0 Å². The molecule has 1 atom stereocenters. The van der Waals surface area contributed by atoms with Crippen molar-refractivity contribution in [3.05, 3.63) is 70.6 Å². The molecule has 3 heterocycles. The first-order chi connectivity index (χ1) is 14.6. The van der Waals surface area contributed by atoms with Crippen LogP contribution in [0.15, 0.2) is 48.7 Å². The summed E-state index contributed by atoms with van der Waals surface area (Å²) in [5.41, 5.74) is 3.52. The molecule has 1 saturated heterocycles. The van der Waals surface area contributed by atoms with Crippen molar-refractivity contribution >= 4 is 17.4 Å². The number of halogens is 1. The van der Waals surface area contributed by atoms with Gasteiger partial charge in [0, 0.05) is 62.0 Å². The molecule has 0 spiro atoms. The summed E-state index contributed by atoms with van der Waals surface area (Å²) < 4.78 is 5.79. The highest BCUT2D eigenvalue weighted by molar-refractivity contribution is 6.30. The van der Waals surface area contributed by atoms with Gasteiger partial charge in [0.05, 0.1) is 12.3 Å². The Bertz CT molecular complexity index is 973. The Kier molecular flexibility index (Phi) is 6.55. The molecule has 1 N–H and O–H groups in total. The average Bonchev–Trinajstić information content (AvgIpc) is 3.38. The zero-order valence-corrected chi connectivity index (χ0v) is 18.3. The van der Waals surface area contributed by atoms with Crippen molar-refractivity contribution in [3.63, 3.8) is 0 Å². The maximum Gasteiger partial charge on any atom is 0.132 e. The summed E-state index contributed by atoms with van der Waals surface area (Å²) >= 11 is 6.00. The van der Waals surface area contributed by atoms with E-state index in [0.29, 0.717) is 17.5 Å². The van der Waals surface area contributed by atoms with Crippen molar-refractivity contribution in [2.24, 2.45) is 0 Å². The van der Waals surface area contributed by atoms with Crippen LogP contribution in [0.3, 0.4) is 0 Å². The van der Waals surface area contributed by atoms with Crippen LogP contribution in [-0.4, -0.2) is 53.9 Å². The third-order valence-electron chi connectivity index (χ3n) is 5.46. The van der Waals surface area contributed by atoms with Gasteiger partial charge in [0.15, 0.2) is 0 Å². The van der Waals surface area contributed by atoms with E-state index in [2.05, 4.69) is 37.1 Å². The predicted octanol–water partition coefficient (Wildman–Crippen LogP) is 4.14. The molecule has 6 nitrogen and oxygen atoms in total. The second kappa shape index (κ2) is 9.49. The van der Waals surface area contributed by atoms with E-state index in [1.165, 1.54) is 5.56 Å². The normalized spacial score (nSPS) is 16.7. The Hall–Kier alpha value is -2.57. The molecule has 3 aromatic rings. The van der Waals surface area contributed by atoms with E-state index >= 15 is 0 Å². The molecule has 0 saturated carbocycles. The monoisotopic (exact) mass is 425 g/mol. The van der Waals surface area contributed by atoms with Crippen molar-refractivity contribution in [1.29, 1.82) is 0 Å². The summed E-state index contributed by atoms with van der Waals surface area (Å²) in [7, 11) is 4.08. The fourth-order valence-corrected chi connectivity index (χ4v) is 4.15. The number of hydrogen-bond donors (Lipinski definition) is 1. The number of H-pyrrole nitrogens is 1. The summed E-state index contributed by atoms with van der Waals surface area (Å²) in [5.74, 6) is 2.30. The molecule has 30 heavy (non-hydrogen) atoms. The van der Waals surface area contributed by atoms with Gasteiger partial charge in [0.1, 0.15) is 11.6 Å². The molecule has 0 radical (unpaired) electrons. The van der Waals surface area contributed by atoms with Crippen LogP contribution in [-0.2, 0) is 13.0 Å². The number of pyridine rings is 1. The molecule has 0 unspecified atom stereocenters. The molecule has 0 amide bonds. The zero-order chi connectivity index (χ0) is 20.9. The van der Waals surface area contributed by atoms with Gasteiger partial charge >= 0.3 is 0 Å². The largest absolute Gasteiger partial charge is 0.493 e. The van der Waals surface area contributed by atoms with Gasteiger partial charge in [-0.3, -0.25) is 10.00 Å². The molecule has 0 aliphatic carbocycles. The third kappa shape index (κ3) is 5.12. The molecule has 2 aromatic heterocycles. The van der Waals surface area contributed by atoms with Gasteiger partial charge in [-0.25, -0.2) is 4.98 Å². The Morgan fingerprint density at radius 2 is 2.13 bits per heavy atom. The average molecular weight is 426 g/mol. The molecule has 158 valence electrons. The lowest BCUT2D eigenvalue weighted by atomic mass is 10.0. The van der Waals surface area contributed by atoms with Gasteiger partial charge in [0.2, 0.25) is 0 Å². The standard InChI is InChI=1S/C23H28ClN5O/c1-28(2)23-18(5-4-10-25-23)16-29-11-8-17(15-29)22-14-20(26-27-22)9-12-30-21-7-3-6-19(24)13-21/h3-7,10,13-14,17H,8-9,11-12,15-16H2,1-2H3,(H,26,27)/t17-/m0/s1. The Labute approximate surface area is 182 Å². The SMILES string of the molecule is CN(C)c1ncccc1CN1CC[C@H](c2cc(CCOc3cccc(Cl)c3)[nH]n2)C1. The number of nitrogens with zero attached hydrogens (tertiary/aromatic N) is 4. The molecule has 1 aliphatic rings. The molecule has 1 aliphatic heterocycles. The van der Waals surface area contributed by atoms with Gasteiger partial charge in [-0.2, -0.15) is 5.10 Å². The van der Waals surface area contributed by atoms with Crippen molar-refractivity contribution in [2.45, 2.75) is 25.3 Å². The fraction of sp³-hybridized carbons (Fsp3) is 0.391. The molecule has 1 aromatic carbocycles. The van der Waals surface area contributed by atoms with Gasteiger partial charge < -0.3 is 9.64 Å². The number of hydrogen-bond acceptors (Lipinski definition) is 5. The summed E-state index contributed by atoms with van der Waals surface area (Å²) in [6.45, 7) is 3.60. The number of aromatic nitrogens is 3. The first-order valence-electron chi connectivity index (χ1n) is 10.3. The van der Waals surface area contributed by atoms with Gasteiger partial charge in [-0.05, 0) is 43.3 Å². The predicted molar refractivity (Wildman–Crippen MR) is 120 cm³/mol. The van der Waals surface area contributed by atoms with Crippen molar-refractivity contribution in [1.82, 2.24) is 20.1 Å². The smallest absolute Gasteiger partial charge is 0.132 e. The molecule has 7 heteroatoms. The Morgan fingerprint density at radius 1 is 1.23 bits per heavy atom. The van der Waals surface area contributed by atoms with Crippen molar-refractivity contribution in [3.8, 4) is 5.75 Å². The highest BCUT2D eigenvalue weighted by atomic mass is 35.5. The van der Waals surface area contributed by atoms with Crippen molar-refractivity contribution < 1.29 is 4.74 Å².